The summed E-state index contributed by atoms with van der Waals surface area (Å²) < 4.78 is 26.4. The van der Waals surface area contributed by atoms with E-state index in [1.54, 1.807) is 32.0 Å². The average molecular weight is 423 g/mol. The summed E-state index contributed by atoms with van der Waals surface area (Å²) in [5, 5.41) is 3.33. The summed E-state index contributed by atoms with van der Waals surface area (Å²) >= 11 is 6.10. The number of nitrogens with zero attached hydrogens (tertiary/aromatic N) is 1. The highest BCUT2D eigenvalue weighted by atomic mass is 35.5. The molecule has 0 radical (unpaired) electrons. The van der Waals surface area contributed by atoms with Gasteiger partial charge in [-0.1, -0.05) is 56.6 Å². The van der Waals surface area contributed by atoms with Gasteiger partial charge in [0.2, 0.25) is 15.9 Å². The quantitative estimate of drug-likeness (QED) is 0.686. The number of rotatable bonds is 7. The molecule has 7 heteroatoms. The number of aryl methyl sites for hydroxylation is 1. The molecule has 0 spiro atoms. The Morgan fingerprint density at radius 3 is 2.39 bits per heavy atom. The second kappa shape index (κ2) is 8.97. The van der Waals surface area contributed by atoms with Crippen molar-refractivity contribution >= 4 is 38.9 Å². The van der Waals surface area contributed by atoms with Crippen LogP contribution in [0.1, 0.15) is 44.2 Å². The van der Waals surface area contributed by atoms with Crippen molar-refractivity contribution in [1.82, 2.24) is 0 Å². The molecular weight excluding hydrogens is 396 g/mol. The number of nitrogens with one attached hydrogen (secondary N) is 1. The Kier molecular flexibility index (Phi) is 7.12. The molecule has 5 nitrogen and oxygen atoms in total. The van der Waals surface area contributed by atoms with Gasteiger partial charge in [-0.05, 0) is 48.6 Å². The average Bonchev–Trinajstić information content (AvgIpc) is 2.61. The molecule has 1 unspecified atom stereocenters. The molecule has 2 rings (SSSR count). The van der Waals surface area contributed by atoms with E-state index >= 15 is 0 Å². The molecule has 0 saturated carbocycles. The second-order valence-electron chi connectivity index (χ2n) is 7.14. The second-order valence-corrected chi connectivity index (χ2v) is 9.44. The van der Waals surface area contributed by atoms with Crippen molar-refractivity contribution in [3.8, 4) is 0 Å². The van der Waals surface area contributed by atoms with Crippen LogP contribution in [0.4, 0.5) is 11.4 Å². The number of carbonyl (C=O) groups is 1. The van der Waals surface area contributed by atoms with Gasteiger partial charge < -0.3 is 5.32 Å². The molecule has 0 heterocycles. The van der Waals surface area contributed by atoms with Gasteiger partial charge in [-0.15, -0.1) is 0 Å². The Bertz CT molecular complexity index is 958. The highest BCUT2D eigenvalue weighted by Gasteiger charge is 2.32. The van der Waals surface area contributed by atoms with Crippen LogP contribution in [0.15, 0.2) is 42.5 Å². The van der Waals surface area contributed by atoms with Gasteiger partial charge in [-0.2, -0.15) is 0 Å². The maximum absolute atomic E-state index is 13.1. The minimum Gasteiger partial charge on any atom is -0.324 e. The van der Waals surface area contributed by atoms with Crippen LogP contribution in [-0.2, 0) is 14.8 Å². The van der Waals surface area contributed by atoms with Crippen LogP contribution >= 0.6 is 11.6 Å². The van der Waals surface area contributed by atoms with Gasteiger partial charge in [0.25, 0.3) is 0 Å². The zero-order valence-corrected chi connectivity index (χ0v) is 18.4. The third-order valence-electron chi connectivity index (χ3n) is 4.58. The molecule has 0 aliphatic rings. The molecule has 0 aromatic heterocycles. The minimum atomic E-state index is -3.72. The van der Waals surface area contributed by atoms with E-state index in [4.69, 9.17) is 11.6 Å². The fourth-order valence-electron chi connectivity index (χ4n) is 3.19. The lowest BCUT2D eigenvalue weighted by atomic mass is 10.0. The molecule has 2 aromatic rings. The van der Waals surface area contributed by atoms with Crippen molar-refractivity contribution in [3.05, 3.63) is 58.6 Å². The normalized spacial score (nSPS) is 12.7. The molecule has 0 saturated heterocycles. The topological polar surface area (TPSA) is 66.5 Å². The van der Waals surface area contributed by atoms with E-state index in [1.807, 2.05) is 38.1 Å². The smallest absolute Gasteiger partial charge is 0.248 e. The Hall–Kier alpha value is -2.05. The summed E-state index contributed by atoms with van der Waals surface area (Å²) in [5.41, 5.74) is 2.82. The van der Waals surface area contributed by atoms with Gasteiger partial charge in [-0.3, -0.25) is 9.10 Å². The first-order chi connectivity index (χ1) is 13.1. The third-order valence-corrected chi connectivity index (χ3v) is 5.98. The van der Waals surface area contributed by atoms with Crippen molar-refractivity contribution < 1.29 is 13.2 Å². The van der Waals surface area contributed by atoms with Crippen LogP contribution in [0.2, 0.25) is 5.02 Å². The van der Waals surface area contributed by atoms with E-state index in [9.17, 15) is 13.2 Å². The lowest BCUT2D eigenvalue weighted by molar-refractivity contribution is -0.117. The van der Waals surface area contributed by atoms with Gasteiger partial charge >= 0.3 is 0 Å². The van der Waals surface area contributed by atoms with Crippen LogP contribution in [0.5, 0.6) is 0 Å². The number of hydrogen-bond donors (Lipinski definition) is 1. The first kappa shape index (κ1) is 22.2. The lowest BCUT2D eigenvalue weighted by Crippen LogP contribution is -2.47. The molecule has 1 atom stereocenters. The maximum atomic E-state index is 13.1. The Labute approximate surface area is 172 Å². The van der Waals surface area contributed by atoms with E-state index in [1.165, 1.54) is 4.31 Å². The van der Waals surface area contributed by atoms with Gasteiger partial charge in [0, 0.05) is 10.7 Å². The van der Waals surface area contributed by atoms with Gasteiger partial charge in [0.1, 0.15) is 6.04 Å². The number of benzene rings is 2. The fraction of sp³-hybridized carbons (Fsp3) is 0.381. The van der Waals surface area contributed by atoms with Crippen LogP contribution < -0.4 is 9.62 Å². The number of halogens is 1. The van der Waals surface area contributed by atoms with Gasteiger partial charge in [0.05, 0.1) is 11.9 Å². The molecule has 152 valence electrons. The summed E-state index contributed by atoms with van der Waals surface area (Å²) in [6.45, 7) is 7.67. The molecule has 0 bridgehead atoms. The van der Waals surface area contributed by atoms with Crippen LogP contribution in [0, 0.1) is 6.92 Å². The standard InChI is InChI=1S/C21H27ClN2O3S/c1-6-19(21(25)23-18-10-8-7-9-17(18)14(2)3)24(28(5,26)27)20-13-16(22)12-11-15(20)4/h7-14,19H,6H2,1-5H3,(H,23,25). The van der Waals surface area contributed by atoms with Crippen molar-refractivity contribution in [3.63, 3.8) is 0 Å². The highest BCUT2D eigenvalue weighted by molar-refractivity contribution is 7.92. The largest absolute Gasteiger partial charge is 0.324 e. The maximum Gasteiger partial charge on any atom is 0.248 e. The zero-order chi connectivity index (χ0) is 21.1. The first-order valence-electron chi connectivity index (χ1n) is 9.21. The summed E-state index contributed by atoms with van der Waals surface area (Å²) in [6, 6.07) is 11.7. The molecule has 0 aliphatic heterocycles. The van der Waals surface area contributed by atoms with Crippen molar-refractivity contribution in [1.29, 1.82) is 0 Å². The van der Waals surface area contributed by atoms with Crippen molar-refractivity contribution in [2.75, 3.05) is 15.9 Å². The predicted molar refractivity (Wildman–Crippen MR) is 117 cm³/mol. The third kappa shape index (κ3) is 5.06. The van der Waals surface area contributed by atoms with E-state index in [0.29, 0.717) is 22.8 Å². The Morgan fingerprint density at radius 1 is 1.18 bits per heavy atom. The number of amides is 1. The van der Waals surface area contributed by atoms with E-state index in [0.717, 1.165) is 17.4 Å². The van der Waals surface area contributed by atoms with Crippen LogP contribution in [-0.4, -0.2) is 26.6 Å². The van der Waals surface area contributed by atoms with Crippen molar-refractivity contribution in [2.45, 2.75) is 46.1 Å². The predicted octanol–water partition coefficient (Wildman–Crippen LogP) is 4.96. The van der Waals surface area contributed by atoms with Gasteiger partial charge in [0.15, 0.2) is 0 Å². The summed E-state index contributed by atoms with van der Waals surface area (Å²) in [7, 11) is -3.72. The van der Waals surface area contributed by atoms with E-state index in [-0.39, 0.29) is 11.8 Å². The fourth-order valence-corrected chi connectivity index (χ4v) is 4.61. The summed E-state index contributed by atoms with van der Waals surface area (Å²) in [4.78, 5) is 13.1. The SMILES string of the molecule is CCC(C(=O)Nc1ccccc1C(C)C)N(c1cc(Cl)ccc1C)S(C)(=O)=O. The zero-order valence-electron chi connectivity index (χ0n) is 16.9. The number of hydrogen-bond acceptors (Lipinski definition) is 3. The molecule has 1 amide bonds. The van der Waals surface area contributed by atoms with E-state index in [2.05, 4.69) is 5.32 Å². The number of carbonyl (C=O) groups excluding carboxylic acids is 1. The lowest BCUT2D eigenvalue weighted by Gasteiger charge is -2.31. The number of anilines is 2. The number of para-hydroxylation sites is 1. The van der Waals surface area contributed by atoms with Crippen LogP contribution in [0.25, 0.3) is 0 Å². The Morgan fingerprint density at radius 2 is 1.82 bits per heavy atom. The van der Waals surface area contributed by atoms with Crippen molar-refractivity contribution in [2.24, 2.45) is 0 Å². The minimum absolute atomic E-state index is 0.220. The molecular formula is C21H27ClN2O3S. The highest BCUT2D eigenvalue weighted by Crippen LogP contribution is 2.30. The van der Waals surface area contributed by atoms with E-state index < -0.39 is 16.1 Å². The molecule has 28 heavy (non-hydrogen) atoms. The molecule has 0 aliphatic carbocycles. The Balaban J connectivity index is 2.47. The number of sulfonamides is 1. The molecule has 0 fully saturated rings. The van der Waals surface area contributed by atoms with Crippen LogP contribution in [0.3, 0.4) is 0 Å². The summed E-state index contributed by atoms with van der Waals surface area (Å²) in [6.07, 6.45) is 1.42. The monoisotopic (exact) mass is 422 g/mol. The first-order valence-corrected chi connectivity index (χ1v) is 11.4. The summed E-state index contributed by atoms with van der Waals surface area (Å²) in [5.74, 6) is -0.154. The van der Waals surface area contributed by atoms with Gasteiger partial charge in [-0.25, -0.2) is 8.42 Å². The molecule has 1 N–H and O–H groups in total. The molecule has 2 aromatic carbocycles.